The quantitative estimate of drug-likeness (QED) is 0.757. The first-order chi connectivity index (χ1) is 14.6. The Hall–Kier alpha value is -1.46. The maximum absolute atomic E-state index is 13.2. The van der Waals surface area contributed by atoms with Crippen LogP contribution < -0.4 is 5.32 Å². The Morgan fingerprint density at radius 2 is 1.73 bits per heavy atom. The molecule has 5 fully saturated rings. The van der Waals surface area contributed by atoms with Gasteiger partial charge in [-0.05, 0) is 101 Å². The van der Waals surface area contributed by atoms with Crippen LogP contribution in [0.25, 0.3) is 10.2 Å². The van der Waals surface area contributed by atoms with E-state index in [4.69, 9.17) is 4.98 Å². The van der Waals surface area contributed by atoms with Gasteiger partial charge in [0.05, 0.1) is 21.3 Å². The van der Waals surface area contributed by atoms with Crippen molar-refractivity contribution in [1.29, 1.82) is 0 Å². The van der Waals surface area contributed by atoms with Crippen LogP contribution in [0.1, 0.15) is 69.2 Å². The summed E-state index contributed by atoms with van der Waals surface area (Å²) in [6.07, 6.45) is 10.2. The third-order valence-electron chi connectivity index (χ3n) is 8.54. The summed E-state index contributed by atoms with van der Waals surface area (Å²) in [7, 11) is 0. The number of carbonyl (C=O) groups is 1. The van der Waals surface area contributed by atoms with Crippen molar-refractivity contribution >= 4 is 27.5 Å². The van der Waals surface area contributed by atoms with Gasteiger partial charge in [-0.1, -0.05) is 12.1 Å². The number of amides is 1. The van der Waals surface area contributed by atoms with Crippen LogP contribution in [0.2, 0.25) is 0 Å². The van der Waals surface area contributed by atoms with Gasteiger partial charge in [-0.25, -0.2) is 4.98 Å². The van der Waals surface area contributed by atoms with Crippen LogP contribution in [0.4, 0.5) is 0 Å². The zero-order valence-corrected chi connectivity index (χ0v) is 18.8. The SMILES string of the molecule is CC(C(=O)NC12CC3CC(CC(C3)C1)C2)N1CCC(c2nc3ccccc3s2)CC1. The van der Waals surface area contributed by atoms with E-state index < -0.39 is 0 Å². The lowest BCUT2D eigenvalue weighted by Crippen LogP contribution is -2.62. The van der Waals surface area contributed by atoms with Crippen molar-refractivity contribution in [2.24, 2.45) is 17.8 Å². The Balaban J connectivity index is 1.08. The number of fused-ring (bicyclic) bond motifs is 1. The predicted molar refractivity (Wildman–Crippen MR) is 122 cm³/mol. The Bertz CT molecular complexity index is 876. The number of benzene rings is 1. The van der Waals surface area contributed by atoms with Crippen molar-refractivity contribution in [2.45, 2.75) is 75.8 Å². The number of piperidine rings is 1. The van der Waals surface area contributed by atoms with E-state index >= 15 is 0 Å². The van der Waals surface area contributed by atoms with Gasteiger partial charge in [0.2, 0.25) is 5.91 Å². The molecule has 1 aromatic heterocycles. The second-order valence-electron chi connectivity index (χ2n) is 10.7. The molecule has 1 amide bonds. The summed E-state index contributed by atoms with van der Waals surface area (Å²) in [5, 5.41) is 4.87. The third-order valence-corrected chi connectivity index (χ3v) is 9.74. The van der Waals surface area contributed by atoms with E-state index in [0.717, 1.165) is 49.2 Å². The Kier molecular flexibility index (Phi) is 4.68. The minimum Gasteiger partial charge on any atom is -0.349 e. The van der Waals surface area contributed by atoms with Gasteiger partial charge in [0.15, 0.2) is 0 Å². The average molecular weight is 424 g/mol. The number of hydrogen-bond donors (Lipinski definition) is 1. The summed E-state index contributed by atoms with van der Waals surface area (Å²) < 4.78 is 1.29. The molecular formula is C25H33N3OS. The fourth-order valence-electron chi connectivity index (χ4n) is 7.39. The Labute approximate surface area is 183 Å². The average Bonchev–Trinajstić information content (AvgIpc) is 3.16. The van der Waals surface area contributed by atoms with Crippen LogP contribution in [0, 0.1) is 17.8 Å². The Morgan fingerprint density at radius 3 is 2.37 bits per heavy atom. The largest absolute Gasteiger partial charge is 0.349 e. The third kappa shape index (κ3) is 3.38. The molecule has 4 saturated carbocycles. The van der Waals surface area contributed by atoms with Crippen LogP contribution in [-0.4, -0.2) is 40.5 Å². The molecule has 5 aliphatic rings. The molecule has 4 nitrogen and oxygen atoms in total. The van der Waals surface area contributed by atoms with Gasteiger partial charge in [0, 0.05) is 11.5 Å². The predicted octanol–water partition coefficient (Wildman–Crippen LogP) is 4.95. The van der Waals surface area contributed by atoms with E-state index in [1.807, 2.05) is 11.3 Å². The first-order valence-corrected chi connectivity index (χ1v) is 12.8. The lowest BCUT2D eigenvalue weighted by Gasteiger charge is -2.57. The molecule has 1 saturated heterocycles. The molecule has 5 heteroatoms. The summed E-state index contributed by atoms with van der Waals surface area (Å²) >= 11 is 1.85. The van der Waals surface area contributed by atoms with Crippen LogP contribution in [0.3, 0.4) is 0 Å². The number of rotatable bonds is 4. The molecule has 1 atom stereocenters. The summed E-state index contributed by atoms with van der Waals surface area (Å²) in [5.74, 6) is 3.43. The van der Waals surface area contributed by atoms with E-state index in [1.165, 1.54) is 48.2 Å². The van der Waals surface area contributed by atoms with Crippen molar-refractivity contribution in [3.63, 3.8) is 0 Å². The number of nitrogens with one attached hydrogen (secondary N) is 1. The molecule has 0 spiro atoms. The smallest absolute Gasteiger partial charge is 0.237 e. The lowest BCUT2D eigenvalue weighted by molar-refractivity contribution is -0.132. The second kappa shape index (κ2) is 7.30. The maximum atomic E-state index is 13.2. The molecule has 1 N–H and O–H groups in total. The van der Waals surface area contributed by atoms with E-state index in [0.29, 0.717) is 5.92 Å². The van der Waals surface area contributed by atoms with E-state index in [2.05, 4.69) is 41.4 Å². The van der Waals surface area contributed by atoms with E-state index in [-0.39, 0.29) is 17.5 Å². The molecule has 4 bridgehead atoms. The van der Waals surface area contributed by atoms with Crippen LogP contribution >= 0.6 is 11.3 Å². The van der Waals surface area contributed by atoms with Gasteiger partial charge in [0.25, 0.3) is 0 Å². The van der Waals surface area contributed by atoms with Crippen LogP contribution in [0.15, 0.2) is 24.3 Å². The van der Waals surface area contributed by atoms with E-state index in [9.17, 15) is 4.79 Å². The van der Waals surface area contributed by atoms with Crippen LogP contribution in [0.5, 0.6) is 0 Å². The number of thiazole rings is 1. The highest BCUT2D eigenvalue weighted by molar-refractivity contribution is 7.18. The number of carbonyl (C=O) groups excluding carboxylic acids is 1. The zero-order valence-electron chi connectivity index (χ0n) is 18.0. The number of nitrogens with zero attached hydrogens (tertiary/aromatic N) is 2. The van der Waals surface area contributed by atoms with Crippen molar-refractivity contribution < 1.29 is 4.79 Å². The maximum Gasteiger partial charge on any atom is 0.237 e. The summed E-state index contributed by atoms with van der Waals surface area (Å²) in [6, 6.07) is 8.42. The first-order valence-electron chi connectivity index (χ1n) is 12.0. The molecular weight excluding hydrogens is 390 g/mol. The zero-order chi connectivity index (χ0) is 20.3. The number of hydrogen-bond acceptors (Lipinski definition) is 4. The summed E-state index contributed by atoms with van der Waals surface area (Å²) in [6.45, 7) is 4.11. The fraction of sp³-hybridized carbons (Fsp3) is 0.680. The van der Waals surface area contributed by atoms with Crippen molar-refractivity contribution in [2.75, 3.05) is 13.1 Å². The van der Waals surface area contributed by atoms with Gasteiger partial charge < -0.3 is 5.32 Å². The Morgan fingerprint density at radius 1 is 1.10 bits per heavy atom. The highest BCUT2D eigenvalue weighted by atomic mass is 32.1. The van der Waals surface area contributed by atoms with Gasteiger partial charge in [0.1, 0.15) is 0 Å². The number of para-hydroxylation sites is 1. The number of likely N-dealkylation sites (tertiary alicyclic amines) is 1. The molecule has 160 valence electrons. The van der Waals surface area contributed by atoms with Crippen LogP contribution in [-0.2, 0) is 4.79 Å². The van der Waals surface area contributed by atoms with Crippen molar-refractivity contribution in [1.82, 2.24) is 15.2 Å². The first kappa shape index (κ1) is 19.2. The van der Waals surface area contributed by atoms with Gasteiger partial charge in [-0.2, -0.15) is 0 Å². The fourth-order valence-corrected chi connectivity index (χ4v) is 8.53. The monoisotopic (exact) mass is 423 g/mol. The summed E-state index contributed by atoms with van der Waals surface area (Å²) in [5.41, 5.74) is 1.25. The van der Waals surface area contributed by atoms with Gasteiger partial charge >= 0.3 is 0 Å². The van der Waals surface area contributed by atoms with E-state index in [1.54, 1.807) is 0 Å². The summed E-state index contributed by atoms with van der Waals surface area (Å²) in [4.78, 5) is 20.5. The van der Waals surface area contributed by atoms with Crippen molar-refractivity contribution in [3.05, 3.63) is 29.3 Å². The molecule has 1 aliphatic heterocycles. The lowest BCUT2D eigenvalue weighted by atomic mass is 9.53. The van der Waals surface area contributed by atoms with Crippen molar-refractivity contribution in [3.8, 4) is 0 Å². The number of aromatic nitrogens is 1. The molecule has 4 aliphatic carbocycles. The second-order valence-corrected chi connectivity index (χ2v) is 11.8. The minimum absolute atomic E-state index is 0.0191. The molecule has 1 aromatic carbocycles. The minimum atomic E-state index is -0.0191. The highest BCUT2D eigenvalue weighted by Gasteiger charge is 2.51. The molecule has 2 heterocycles. The van der Waals surface area contributed by atoms with Gasteiger partial charge in [-0.15, -0.1) is 11.3 Å². The highest BCUT2D eigenvalue weighted by Crippen LogP contribution is 2.55. The molecule has 30 heavy (non-hydrogen) atoms. The normalized spacial score (nSPS) is 35.0. The molecule has 0 radical (unpaired) electrons. The molecule has 1 unspecified atom stereocenters. The molecule has 7 rings (SSSR count). The topological polar surface area (TPSA) is 45.2 Å². The van der Waals surface area contributed by atoms with Gasteiger partial charge in [-0.3, -0.25) is 9.69 Å². The molecule has 2 aromatic rings. The standard InChI is InChI=1S/C25H33N3OS/c1-16(23(29)27-25-13-17-10-18(14-25)12-19(11-17)15-25)28-8-6-20(7-9-28)24-26-21-4-2-3-5-22(21)30-24/h2-5,16-20H,6-15H2,1H3,(H,27,29).